The fourth-order valence-electron chi connectivity index (χ4n) is 0.690. The number of aliphatic carboxylic acids is 1. The van der Waals surface area contributed by atoms with Crippen LogP contribution in [0.4, 0.5) is 4.79 Å². The number of carboxylic acids is 1. The van der Waals surface area contributed by atoms with Gasteiger partial charge in [-0.05, 0) is 27.2 Å². The van der Waals surface area contributed by atoms with Crippen LogP contribution in [0.5, 0.6) is 0 Å². The minimum Gasteiger partial charge on any atom is -0.480 e. The van der Waals surface area contributed by atoms with Gasteiger partial charge in [-0.15, -0.1) is 0 Å². The predicted molar refractivity (Wildman–Crippen MR) is 53.1 cm³/mol. The molecule has 0 aliphatic heterocycles. The standard InChI is InChI=1S/C9H18N2O3/c1-5-9(3,4)11-8(14)10-6(2)7(12)13/h6H,5H2,1-4H3,(H,12,13)(H2,10,11,14)/t6-/m1/s1. The summed E-state index contributed by atoms with van der Waals surface area (Å²) in [6.45, 7) is 7.11. The fraction of sp³-hybridized carbons (Fsp3) is 0.778. The Hall–Kier alpha value is -1.26. The molecular weight excluding hydrogens is 184 g/mol. The molecule has 0 saturated heterocycles. The van der Waals surface area contributed by atoms with Crippen molar-refractivity contribution in [2.75, 3.05) is 0 Å². The van der Waals surface area contributed by atoms with Crippen LogP contribution in [0.1, 0.15) is 34.1 Å². The van der Waals surface area contributed by atoms with Crippen LogP contribution in [0.15, 0.2) is 0 Å². The number of hydrogen-bond donors (Lipinski definition) is 3. The largest absolute Gasteiger partial charge is 0.480 e. The highest BCUT2D eigenvalue weighted by atomic mass is 16.4. The molecule has 2 amide bonds. The van der Waals surface area contributed by atoms with Gasteiger partial charge in [0.15, 0.2) is 0 Å². The maximum Gasteiger partial charge on any atom is 0.325 e. The number of carboxylic acid groups (broad SMARTS) is 1. The Bertz CT molecular complexity index is 226. The second-order valence-corrected chi connectivity index (χ2v) is 3.90. The van der Waals surface area contributed by atoms with Gasteiger partial charge in [0, 0.05) is 5.54 Å². The molecule has 0 aromatic heterocycles. The SMILES string of the molecule is CCC(C)(C)NC(=O)N[C@H](C)C(=O)O. The van der Waals surface area contributed by atoms with E-state index >= 15 is 0 Å². The first-order valence-electron chi connectivity index (χ1n) is 4.60. The first-order valence-corrected chi connectivity index (χ1v) is 4.60. The lowest BCUT2D eigenvalue weighted by molar-refractivity contribution is -0.138. The Kier molecular flexibility index (Phi) is 4.40. The molecule has 5 heteroatoms. The smallest absolute Gasteiger partial charge is 0.325 e. The zero-order valence-corrected chi connectivity index (χ0v) is 9.05. The molecule has 3 N–H and O–H groups in total. The molecule has 0 fully saturated rings. The maximum absolute atomic E-state index is 11.2. The molecule has 1 atom stereocenters. The van der Waals surface area contributed by atoms with Crippen LogP contribution in [0.2, 0.25) is 0 Å². The molecular formula is C9H18N2O3. The molecule has 0 rings (SSSR count). The lowest BCUT2D eigenvalue weighted by Gasteiger charge is -2.25. The van der Waals surface area contributed by atoms with Crippen LogP contribution in [-0.4, -0.2) is 28.7 Å². The van der Waals surface area contributed by atoms with Gasteiger partial charge in [-0.2, -0.15) is 0 Å². The van der Waals surface area contributed by atoms with Crippen molar-refractivity contribution >= 4 is 12.0 Å². The van der Waals surface area contributed by atoms with Crippen molar-refractivity contribution in [2.45, 2.75) is 45.7 Å². The molecule has 82 valence electrons. The van der Waals surface area contributed by atoms with E-state index in [4.69, 9.17) is 5.11 Å². The molecule has 0 unspecified atom stereocenters. The van der Waals surface area contributed by atoms with Crippen LogP contribution in [0.3, 0.4) is 0 Å². The zero-order valence-electron chi connectivity index (χ0n) is 9.05. The summed E-state index contributed by atoms with van der Waals surface area (Å²) in [4.78, 5) is 21.7. The third-order valence-electron chi connectivity index (χ3n) is 2.05. The van der Waals surface area contributed by atoms with E-state index in [-0.39, 0.29) is 5.54 Å². The first kappa shape index (κ1) is 12.7. The van der Waals surface area contributed by atoms with Crippen molar-refractivity contribution in [3.63, 3.8) is 0 Å². The van der Waals surface area contributed by atoms with E-state index in [1.165, 1.54) is 6.92 Å². The minimum absolute atomic E-state index is 0.317. The summed E-state index contributed by atoms with van der Waals surface area (Å²) in [5, 5.41) is 13.5. The van der Waals surface area contributed by atoms with Gasteiger partial charge in [0.2, 0.25) is 0 Å². The number of carbonyl (C=O) groups is 2. The summed E-state index contributed by atoms with van der Waals surface area (Å²) in [7, 11) is 0. The normalized spacial score (nSPS) is 13.1. The van der Waals surface area contributed by atoms with Gasteiger partial charge < -0.3 is 15.7 Å². The van der Waals surface area contributed by atoms with E-state index in [0.29, 0.717) is 0 Å². The molecule has 0 bridgehead atoms. The number of amides is 2. The first-order chi connectivity index (χ1) is 6.28. The third kappa shape index (κ3) is 4.69. The molecule has 0 aromatic carbocycles. The number of nitrogens with one attached hydrogen (secondary N) is 2. The monoisotopic (exact) mass is 202 g/mol. The molecule has 0 spiro atoms. The Balaban J connectivity index is 4.05. The number of carbonyl (C=O) groups excluding carboxylic acids is 1. The van der Waals surface area contributed by atoms with Gasteiger partial charge in [0.25, 0.3) is 0 Å². The molecule has 0 aromatic rings. The second-order valence-electron chi connectivity index (χ2n) is 3.90. The van der Waals surface area contributed by atoms with Crippen molar-refractivity contribution < 1.29 is 14.7 Å². The van der Waals surface area contributed by atoms with Crippen LogP contribution in [-0.2, 0) is 4.79 Å². The summed E-state index contributed by atoms with van der Waals surface area (Å²) in [5.74, 6) is -1.05. The number of hydrogen-bond acceptors (Lipinski definition) is 2. The average Bonchev–Trinajstić information content (AvgIpc) is 2.02. The summed E-state index contributed by atoms with van der Waals surface area (Å²) < 4.78 is 0. The highest BCUT2D eigenvalue weighted by Crippen LogP contribution is 2.05. The Morgan fingerprint density at radius 3 is 2.29 bits per heavy atom. The minimum atomic E-state index is -1.05. The average molecular weight is 202 g/mol. The summed E-state index contributed by atoms with van der Waals surface area (Å²) in [6.07, 6.45) is 0.780. The summed E-state index contributed by atoms with van der Waals surface area (Å²) in [5.41, 5.74) is -0.317. The third-order valence-corrected chi connectivity index (χ3v) is 2.05. The molecule has 0 aliphatic rings. The molecule has 5 nitrogen and oxygen atoms in total. The van der Waals surface area contributed by atoms with Gasteiger partial charge in [-0.25, -0.2) is 4.79 Å². The van der Waals surface area contributed by atoms with Crippen molar-refractivity contribution in [3.05, 3.63) is 0 Å². The lowest BCUT2D eigenvalue weighted by atomic mass is 10.0. The number of urea groups is 1. The van der Waals surface area contributed by atoms with Crippen LogP contribution in [0.25, 0.3) is 0 Å². The van der Waals surface area contributed by atoms with Gasteiger partial charge >= 0.3 is 12.0 Å². The Labute approximate surface area is 83.9 Å². The van der Waals surface area contributed by atoms with E-state index in [9.17, 15) is 9.59 Å². The molecule has 14 heavy (non-hydrogen) atoms. The van der Waals surface area contributed by atoms with E-state index in [1.807, 2.05) is 20.8 Å². The molecule has 0 saturated carbocycles. The fourth-order valence-corrected chi connectivity index (χ4v) is 0.690. The van der Waals surface area contributed by atoms with Crippen LogP contribution in [0, 0.1) is 0 Å². The highest BCUT2D eigenvalue weighted by Gasteiger charge is 2.20. The Morgan fingerprint density at radius 1 is 1.43 bits per heavy atom. The molecule has 0 heterocycles. The zero-order chi connectivity index (χ0) is 11.4. The molecule has 0 radical (unpaired) electrons. The van der Waals surface area contributed by atoms with Crippen molar-refractivity contribution in [3.8, 4) is 0 Å². The van der Waals surface area contributed by atoms with Crippen LogP contribution < -0.4 is 10.6 Å². The summed E-state index contributed by atoms with van der Waals surface area (Å²) in [6, 6.07) is -1.32. The van der Waals surface area contributed by atoms with Crippen molar-refractivity contribution in [2.24, 2.45) is 0 Å². The lowest BCUT2D eigenvalue weighted by Crippen LogP contribution is -2.51. The van der Waals surface area contributed by atoms with Crippen LogP contribution >= 0.6 is 0 Å². The highest BCUT2D eigenvalue weighted by molar-refractivity contribution is 5.82. The number of rotatable bonds is 4. The van der Waals surface area contributed by atoms with Crippen molar-refractivity contribution in [1.29, 1.82) is 0 Å². The second kappa shape index (κ2) is 4.83. The quantitative estimate of drug-likeness (QED) is 0.635. The van der Waals surface area contributed by atoms with Gasteiger partial charge in [-0.3, -0.25) is 4.79 Å². The summed E-state index contributed by atoms with van der Waals surface area (Å²) >= 11 is 0. The maximum atomic E-state index is 11.2. The van der Waals surface area contributed by atoms with Gasteiger partial charge in [0.1, 0.15) is 6.04 Å². The predicted octanol–water partition coefficient (Wildman–Crippen LogP) is 0.947. The molecule has 0 aliphatic carbocycles. The van der Waals surface area contributed by atoms with Gasteiger partial charge in [0.05, 0.1) is 0 Å². The topological polar surface area (TPSA) is 78.4 Å². The Morgan fingerprint density at radius 2 is 1.93 bits per heavy atom. The van der Waals surface area contributed by atoms with Gasteiger partial charge in [-0.1, -0.05) is 6.92 Å². The van der Waals surface area contributed by atoms with E-state index in [2.05, 4.69) is 10.6 Å². The van der Waals surface area contributed by atoms with Crippen molar-refractivity contribution in [1.82, 2.24) is 10.6 Å². The van der Waals surface area contributed by atoms with E-state index < -0.39 is 18.0 Å². The van der Waals surface area contributed by atoms with E-state index in [0.717, 1.165) is 6.42 Å². The van der Waals surface area contributed by atoms with E-state index in [1.54, 1.807) is 0 Å².